The van der Waals surface area contributed by atoms with Crippen molar-refractivity contribution < 1.29 is 4.42 Å². The Labute approximate surface area is 146 Å². The highest BCUT2D eigenvalue weighted by Gasteiger charge is 2.20. The summed E-state index contributed by atoms with van der Waals surface area (Å²) in [6.45, 7) is 7.41. The summed E-state index contributed by atoms with van der Waals surface area (Å²) in [5.41, 5.74) is 6.79. The Bertz CT molecular complexity index is 834. The summed E-state index contributed by atoms with van der Waals surface area (Å²) in [6, 6.07) is 5.58. The van der Waals surface area contributed by atoms with Gasteiger partial charge in [0.25, 0.3) is 0 Å². The van der Waals surface area contributed by atoms with Crippen molar-refractivity contribution in [1.82, 2.24) is 24.5 Å². The molecular weight excluding hydrogens is 318 g/mol. The molecule has 1 aliphatic rings. The van der Waals surface area contributed by atoms with E-state index in [4.69, 9.17) is 10.2 Å². The first-order chi connectivity index (χ1) is 12.2. The highest BCUT2D eigenvalue weighted by Crippen LogP contribution is 2.22. The van der Waals surface area contributed by atoms with Crippen LogP contribution in [0.3, 0.4) is 0 Å². The number of furan rings is 1. The highest BCUT2D eigenvalue weighted by atomic mass is 16.3. The zero-order chi connectivity index (χ0) is 17.2. The molecule has 132 valence electrons. The fraction of sp³-hybridized carbons (Fsp3) is 0.471. The molecule has 0 atom stereocenters. The fourth-order valence-electron chi connectivity index (χ4n) is 3.15. The summed E-state index contributed by atoms with van der Waals surface area (Å²) in [7, 11) is 0. The molecule has 0 aromatic carbocycles. The molecule has 1 saturated heterocycles. The van der Waals surface area contributed by atoms with Crippen LogP contribution in [0.2, 0.25) is 0 Å². The molecule has 0 spiro atoms. The Morgan fingerprint density at radius 1 is 1.20 bits per heavy atom. The molecule has 8 nitrogen and oxygen atoms in total. The SMILES string of the molecule is CCCCN1CCN(c2cc3nc(-c4ccco4)nn3c(N)n2)CC1. The number of nitrogens with two attached hydrogens (primary N) is 1. The number of anilines is 2. The summed E-state index contributed by atoms with van der Waals surface area (Å²) in [5, 5.41) is 4.38. The van der Waals surface area contributed by atoms with E-state index in [9.17, 15) is 0 Å². The number of aromatic nitrogens is 4. The molecular formula is C17H23N7O. The Kier molecular flexibility index (Phi) is 4.27. The molecule has 0 unspecified atom stereocenters. The predicted octanol–water partition coefficient (Wildman–Crippen LogP) is 1.89. The van der Waals surface area contributed by atoms with Gasteiger partial charge in [-0.05, 0) is 25.1 Å². The third kappa shape index (κ3) is 3.17. The smallest absolute Gasteiger partial charge is 0.225 e. The zero-order valence-electron chi connectivity index (χ0n) is 14.4. The van der Waals surface area contributed by atoms with E-state index in [0.717, 1.165) is 32.0 Å². The number of unbranched alkanes of at least 4 members (excludes halogenated alkanes) is 1. The second-order valence-corrected chi connectivity index (χ2v) is 6.34. The quantitative estimate of drug-likeness (QED) is 0.758. The molecule has 1 fully saturated rings. The minimum atomic E-state index is 0.339. The molecule has 2 N–H and O–H groups in total. The summed E-state index contributed by atoms with van der Waals surface area (Å²) in [5.74, 6) is 2.33. The molecule has 0 amide bonds. The zero-order valence-corrected chi connectivity index (χ0v) is 14.4. The molecule has 0 aliphatic carbocycles. The van der Waals surface area contributed by atoms with Gasteiger partial charge >= 0.3 is 0 Å². The third-order valence-electron chi connectivity index (χ3n) is 4.60. The average molecular weight is 341 g/mol. The van der Waals surface area contributed by atoms with Gasteiger partial charge in [-0.3, -0.25) is 4.90 Å². The number of hydrogen-bond acceptors (Lipinski definition) is 7. The summed E-state index contributed by atoms with van der Waals surface area (Å²) >= 11 is 0. The summed E-state index contributed by atoms with van der Waals surface area (Å²) in [4.78, 5) is 13.8. The van der Waals surface area contributed by atoms with Crippen LogP contribution in [0.4, 0.5) is 11.8 Å². The predicted molar refractivity (Wildman–Crippen MR) is 96.5 cm³/mol. The van der Waals surface area contributed by atoms with E-state index in [1.165, 1.54) is 19.4 Å². The Morgan fingerprint density at radius 3 is 2.76 bits per heavy atom. The van der Waals surface area contributed by atoms with E-state index >= 15 is 0 Å². The van der Waals surface area contributed by atoms with Crippen LogP contribution < -0.4 is 10.6 Å². The van der Waals surface area contributed by atoms with Gasteiger partial charge in [-0.15, -0.1) is 5.10 Å². The van der Waals surface area contributed by atoms with Crippen molar-refractivity contribution in [3.05, 3.63) is 24.5 Å². The minimum Gasteiger partial charge on any atom is -0.461 e. The topological polar surface area (TPSA) is 88.7 Å². The van der Waals surface area contributed by atoms with Gasteiger partial charge in [0.05, 0.1) is 6.26 Å². The number of nitrogens with zero attached hydrogens (tertiary/aromatic N) is 6. The van der Waals surface area contributed by atoms with E-state index in [1.807, 2.05) is 18.2 Å². The van der Waals surface area contributed by atoms with Crippen molar-refractivity contribution in [3.63, 3.8) is 0 Å². The summed E-state index contributed by atoms with van der Waals surface area (Å²) < 4.78 is 6.92. The van der Waals surface area contributed by atoms with Crippen LogP contribution in [-0.4, -0.2) is 57.2 Å². The van der Waals surface area contributed by atoms with E-state index in [1.54, 1.807) is 10.8 Å². The van der Waals surface area contributed by atoms with Crippen molar-refractivity contribution in [2.24, 2.45) is 0 Å². The molecule has 0 radical (unpaired) electrons. The monoisotopic (exact) mass is 341 g/mol. The largest absolute Gasteiger partial charge is 0.461 e. The number of fused-ring (bicyclic) bond motifs is 1. The first-order valence-electron chi connectivity index (χ1n) is 8.79. The number of rotatable bonds is 5. The normalized spacial score (nSPS) is 16.0. The lowest BCUT2D eigenvalue weighted by Crippen LogP contribution is -2.47. The lowest BCUT2D eigenvalue weighted by atomic mass is 10.2. The third-order valence-corrected chi connectivity index (χ3v) is 4.60. The lowest BCUT2D eigenvalue weighted by Gasteiger charge is -2.35. The second kappa shape index (κ2) is 6.72. The molecule has 25 heavy (non-hydrogen) atoms. The fourth-order valence-corrected chi connectivity index (χ4v) is 3.15. The Hall–Kier alpha value is -2.61. The second-order valence-electron chi connectivity index (χ2n) is 6.34. The van der Waals surface area contributed by atoms with Crippen LogP contribution >= 0.6 is 0 Å². The highest BCUT2D eigenvalue weighted by molar-refractivity contribution is 5.59. The number of piperazine rings is 1. The van der Waals surface area contributed by atoms with Gasteiger partial charge in [0, 0.05) is 32.2 Å². The molecule has 4 heterocycles. The van der Waals surface area contributed by atoms with Crippen molar-refractivity contribution in [2.45, 2.75) is 19.8 Å². The lowest BCUT2D eigenvalue weighted by molar-refractivity contribution is 0.253. The van der Waals surface area contributed by atoms with Crippen molar-refractivity contribution in [1.29, 1.82) is 0 Å². The Balaban J connectivity index is 1.55. The number of hydrogen-bond donors (Lipinski definition) is 1. The molecule has 0 saturated carbocycles. The first kappa shape index (κ1) is 15.9. The van der Waals surface area contributed by atoms with Gasteiger partial charge in [0.1, 0.15) is 5.82 Å². The van der Waals surface area contributed by atoms with Crippen LogP contribution in [0, 0.1) is 0 Å². The Morgan fingerprint density at radius 2 is 2.04 bits per heavy atom. The minimum absolute atomic E-state index is 0.339. The van der Waals surface area contributed by atoms with Crippen LogP contribution in [0.25, 0.3) is 17.2 Å². The van der Waals surface area contributed by atoms with Crippen molar-refractivity contribution in [2.75, 3.05) is 43.4 Å². The first-order valence-corrected chi connectivity index (χ1v) is 8.79. The maximum Gasteiger partial charge on any atom is 0.225 e. The standard InChI is InChI=1S/C17H23N7O/c1-2-3-6-22-7-9-23(10-8-22)14-12-15-19-16(13-5-4-11-25-13)21-24(15)17(18)20-14/h4-5,11-12H,2-3,6-10H2,1H3,(H2,18,20). The van der Waals surface area contributed by atoms with E-state index in [2.05, 4.69) is 31.8 Å². The van der Waals surface area contributed by atoms with E-state index in [0.29, 0.717) is 23.2 Å². The van der Waals surface area contributed by atoms with Crippen LogP contribution in [0.5, 0.6) is 0 Å². The van der Waals surface area contributed by atoms with Gasteiger partial charge in [-0.1, -0.05) is 13.3 Å². The van der Waals surface area contributed by atoms with Crippen molar-refractivity contribution in [3.8, 4) is 11.6 Å². The van der Waals surface area contributed by atoms with Crippen LogP contribution in [0.15, 0.2) is 28.9 Å². The van der Waals surface area contributed by atoms with Gasteiger partial charge in [-0.2, -0.15) is 9.50 Å². The average Bonchev–Trinajstić information content (AvgIpc) is 3.29. The molecule has 4 rings (SSSR count). The van der Waals surface area contributed by atoms with Gasteiger partial charge in [0.2, 0.25) is 11.8 Å². The molecule has 3 aromatic rings. The molecule has 3 aromatic heterocycles. The maximum atomic E-state index is 6.11. The van der Waals surface area contributed by atoms with Crippen molar-refractivity contribution >= 4 is 17.4 Å². The molecule has 1 aliphatic heterocycles. The number of nitrogen functional groups attached to an aromatic ring is 1. The van der Waals surface area contributed by atoms with Gasteiger partial charge in [-0.25, -0.2) is 4.98 Å². The molecule has 8 heteroatoms. The van der Waals surface area contributed by atoms with E-state index < -0.39 is 0 Å². The molecule has 0 bridgehead atoms. The van der Waals surface area contributed by atoms with Crippen LogP contribution in [0.1, 0.15) is 19.8 Å². The maximum absolute atomic E-state index is 6.11. The summed E-state index contributed by atoms with van der Waals surface area (Å²) in [6.07, 6.45) is 4.10. The van der Waals surface area contributed by atoms with Gasteiger partial charge < -0.3 is 15.1 Å². The van der Waals surface area contributed by atoms with E-state index in [-0.39, 0.29) is 0 Å². The van der Waals surface area contributed by atoms with Crippen LogP contribution in [-0.2, 0) is 0 Å². The van der Waals surface area contributed by atoms with Gasteiger partial charge in [0.15, 0.2) is 11.4 Å².